The van der Waals surface area contributed by atoms with E-state index in [0.717, 1.165) is 15.8 Å². The number of fused-ring (bicyclic) bond motifs is 1. The van der Waals surface area contributed by atoms with Gasteiger partial charge >= 0.3 is 11.9 Å². The average molecular weight is 483 g/mol. The molecule has 0 radical (unpaired) electrons. The van der Waals surface area contributed by atoms with Gasteiger partial charge in [0, 0.05) is 17.3 Å². The number of carbonyl (C=O) groups excluding carboxylic acids is 3. The van der Waals surface area contributed by atoms with Crippen LogP contribution in [0, 0.1) is 0 Å². The summed E-state index contributed by atoms with van der Waals surface area (Å²) in [4.78, 5) is 37.4. The first-order valence-corrected chi connectivity index (χ1v) is 11.1. The zero-order valence-corrected chi connectivity index (χ0v) is 19.3. The second-order valence-electron chi connectivity index (χ2n) is 7.15. The molecule has 0 fully saturated rings. The third-order valence-electron chi connectivity index (χ3n) is 5.04. The molecule has 7 nitrogen and oxygen atoms in total. The molecule has 0 saturated heterocycles. The number of nitrogens with zero attached hydrogens (tertiary/aromatic N) is 1. The fourth-order valence-electron chi connectivity index (χ4n) is 3.47. The number of methoxy groups -OCH3 is 2. The summed E-state index contributed by atoms with van der Waals surface area (Å²) < 4.78 is 12.4. The molecule has 2 heterocycles. The molecule has 33 heavy (non-hydrogen) atoms. The number of esters is 2. The van der Waals surface area contributed by atoms with Gasteiger partial charge in [-0.05, 0) is 53.4 Å². The van der Waals surface area contributed by atoms with Gasteiger partial charge < -0.3 is 19.4 Å². The molecule has 1 N–H and O–H groups in total. The topological polar surface area (TPSA) is 86.6 Å². The standard InChI is InChI=1S/C24H19ClN2O5S/c1-31-23(29)15-9-16(24(30)32-2)11-18(10-15)26-22(28)20-12-21-19(7-8-33-21)27(20)13-14-3-5-17(25)6-4-14/h3-12H,13H2,1-2H3,(H,26,28). The highest BCUT2D eigenvalue weighted by molar-refractivity contribution is 7.17. The third kappa shape index (κ3) is 4.76. The van der Waals surface area contributed by atoms with Crippen molar-refractivity contribution in [1.29, 1.82) is 0 Å². The van der Waals surface area contributed by atoms with E-state index in [2.05, 4.69) is 5.32 Å². The van der Waals surface area contributed by atoms with Crippen LogP contribution < -0.4 is 5.32 Å². The highest BCUT2D eigenvalue weighted by Gasteiger charge is 2.19. The number of nitrogens with one attached hydrogen (secondary N) is 1. The van der Waals surface area contributed by atoms with Crippen molar-refractivity contribution in [2.24, 2.45) is 0 Å². The average Bonchev–Trinajstić information content (AvgIpc) is 3.41. The quantitative estimate of drug-likeness (QED) is 0.380. The Kier molecular flexibility index (Phi) is 6.48. The van der Waals surface area contributed by atoms with Crippen LogP contribution >= 0.6 is 22.9 Å². The van der Waals surface area contributed by atoms with Crippen LogP contribution in [0.2, 0.25) is 5.02 Å². The Morgan fingerprint density at radius 3 is 2.18 bits per heavy atom. The molecule has 0 atom stereocenters. The number of aromatic nitrogens is 1. The minimum atomic E-state index is -0.636. The Hall–Kier alpha value is -3.62. The molecule has 0 bridgehead atoms. The first kappa shape index (κ1) is 22.6. The Balaban J connectivity index is 1.69. The van der Waals surface area contributed by atoms with Gasteiger partial charge in [0.25, 0.3) is 5.91 Å². The Morgan fingerprint density at radius 2 is 1.58 bits per heavy atom. The number of ether oxygens (including phenoxy) is 2. The van der Waals surface area contributed by atoms with Gasteiger partial charge in [-0.25, -0.2) is 9.59 Å². The molecule has 0 spiro atoms. The van der Waals surface area contributed by atoms with Gasteiger partial charge in [-0.1, -0.05) is 23.7 Å². The van der Waals surface area contributed by atoms with Crippen LogP contribution in [0.25, 0.3) is 10.2 Å². The molecule has 9 heteroatoms. The molecule has 0 unspecified atom stereocenters. The maximum atomic E-state index is 13.3. The van der Waals surface area contributed by atoms with Gasteiger partial charge in [0.2, 0.25) is 0 Å². The van der Waals surface area contributed by atoms with Gasteiger partial charge in [0.1, 0.15) is 5.69 Å². The Bertz CT molecular complexity index is 1320. The van der Waals surface area contributed by atoms with Gasteiger partial charge in [0.15, 0.2) is 0 Å². The van der Waals surface area contributed by atoms with E-state index in [0.29, 0.717) is 17.3 Å². The van der Waals surface area contributed by atoms with Crippen LogP contribution in [0.4, 0.5) is 5.69 Å². The molecule has 0 aliphatic rings. The van der Waals surface area contributed by atoms with Gasteiger partial charge in [-0.15, -0.1) is 11.3 Å². The molecule has 4 aromatic rings. The number of hydrogen-bond donors (Lipinski definition) is 1. The second kappa shape index (κ2) is 9.48. The third-order valence-corrected chi connectivity index (χ3v) is 6.15. The van der Waals surface area contributed by atoms with E-state index < -0.39 is 11.9 Å². The SMILES string of the molecule is COC(=O)c1cc(NC(=O)c2cc3sccc3n2Cc2ccc(Cl)cc2)cc(C(=O)OC)c1. The number of carbonyl (C=O) groups is 3. The van der Waals surface area contributed by atoms with E-state index in [1.165, 1.54) is 43.8 Å². The monoisotopic (exact) mass is 482 g/mol. The van der Waals surface area contributed by atoms with Gasteiger partial charge in [0.05, 0.1) is 35.6 Å². The molecule has 2 aromatic carbocycles. The molecule has 168 valence electrons. The fourth-order valence-corrected chi connectivity index (χ4v) is 4.42. The molecule has 0 aliphatic heterocycles. The highest BCUT2D eigenvalue weighted by atomic mass is 35.5. The first-order chi connectivity index (χ1) is 15.9. The summed E-state index contributed by atoms with van der Waals surface area (Å²) in [6.45, 7) is 0.468. The Morgan fingerprint density at radius 1 is 0.939 bits per heavy atom. The summed E-state index contributed by atoms with van der Waals surface area (Å²) in [6.07, 6.45) is 0. The predicted octanol–water partition coefficient (Wildman–Crippen LogP) is 5.23. The predicted molar refractivity (Wildman–Crippen MR) is 127 cm³/mol. The van der Waals surface area contributed by atoms with Crippen molar-refractivity contribution in [2.75, 3.05) is 19.5 Å². The summed E-state index contributed by atoms with van der Waals surface area (Å²) >= 11 is 7.53. The smallest absolute Gasteiger partial charge is 0.337 e. The van der Waals surface area contributed by atoms with E-state index in [1.807, 2.05) is 34.2 Å². The molecule has 4 rings (SSSR count). The van der Waals surface area contributed by atoms with Crippen molar-refractivity contribution in [3.05, 3.63) is 87.4 Å². The zero-order valence-electron chi connectivity index (χ0n) is 17.8. The van der Waals surface area contributed by atoms with Crippen molar-refractivity contribution in [3.8, 4) is 0 Å². The minimum Gasteiger partial charge on any atom is -0.465 e. The largest absolute Gasteiger partial charge is 0.465 e. The van der Waals surface area contributed by atoms with Crippen molar-refractivity contribution in [3.63, 3.8) is 0 Å². The lowest BCUT2D eigenvalue weighted by Gasteiger charge is -2.13. The lowest BCUT2D eigenvalue weighted by atomic mass is 10.1. The summed E-state index contributed by atoms with van der Waals surface area (Å²) in [5.41, 5.74) is 2.86. The molecule has 0 saturated carbocycles. The summed E-state index contributed by atoms with van der Waals surface area (Å²) in [5, 5.41) is 5.39. The molecular formula is C24H19ClN2O5S. The maximum absolute atomic E-state index is 13.3. The van der Waals surface area contributed by atoms with E-state index in [1.54, 1.807) is 12.1 Å². The van der Waals surface area contributed by atoms with Crippen molar-refractivity contribution in [2.45, 2.75) is 6.54 Å². The minimum absolute atomic E-state index is 0.119. The second-order valence-corrected chi connectivity index (χ2v) is 8.53. The fraction of sp³-hybridized carbons (Fsp3) is 0.125. The number of anilines is 1. The maximum Gasteiger partial charge on any atom is 0.337 e. The molecular weight excluding hydrogens is 464 g/mol. The molecule has 0 aliphatic carbocycles. The van der Waals surface area contributed by atoms with Crippen LogP contribution in [0.5, 0.6) is 0 Å². The summed E-state index contributed by atoms with van der Waals surface area (Å²) in [6, 6.07) is 15.4. The van der Waals surface area contributed by atoms with E-state index >= 15 is 0 Å². The van der Waals surface area contributed by atoms with Crippen LogP contribution in [0.15, 0.2) is 60.0 Å². The lowest BCUT2D eigenvalue weighted by Crippen LogP contribution is -2.18. The number of benzene rings is 2. The lowest BCUT2D eigenvalue weighted by molar-refractivity contribution is 0.0599. The zero-order chi connectivity index (χ0) is 23.5. The molecule has 2 aromatic heterocycles. The number of hydrogen-bond acceptors (Lipinski definition) is 6. The highest BCUT2D eigenvalue weighted by Crippen LogP contribution is 2.27. The van der Waals surface area contributed by atoms with Crippen LogP contribution in [0.1, 0.15) is 36.8 Å². The van der Waals surface area contributed by atoms with Crippen LogP contribution in [-0.2, 0) is 16.0 Å². The number of amides is 1. The van der Waals surface area contributed by atoms with Crippen LogP contribution in [-0.4, -0.2) is 36.6 Å². The summed E-state index contributed by atoms with van der Waals surface area (Å²) in [7, 11) is 2.48. The first-order valence-electron chi connectivity index (χ1n) is 9.84. The number of thiophene rings is 1. The Labute approximate surface area is 198 Å². The van der Waals surface area contributed by atoms with E-state index in [9.17, 15) is 14.4 Å². The van der Waals surface area contributed by atoms with Gasteiger partial charge in [-0.3, -0.25) is 4.79 Å². The molecule has 1 amide bonds. The van der Waals surface area contributed by atoms with Crippen molar-refractivity contribution >= 4 is 56.7 Å². The number of halogens is 1. The van der Waals surface area contributed by atoms with Gasteiger partial charge in [-0.2, -0.15) is 0 Å². The van der Waals surface area contributed by atoms with Crippen molar-refractivity contribution < 1.29 is 23.9 Å². The van der Waals surface area contributed by atoms with Crippen molar-refractivity contribution in [1.82, 2.24) is 4.57 Å². The van der Waals surface area contributed by atoms with E-state index in [-0.39, 0.29) is 22.7 Å². The summed E-state index contributed by atoms with van der Waals surface area (Å²) in [5.74, 6) is -1.66. The van der Waals surface area contributed by atoms with E-state index in [4.69, 9.17) is 21.1 Å². The number of rotatable bonds is 6. The normalized spacial score (nSPS) is 10.8. The van der Waals surface area contributed by atoms with Crippen LogP contribution in [0.3, 0.4) is 0 Å².